The predicted octanol–water partition coefficient (Wildman–Crippen LogP) is 4.83. The highest BCUT2D eigenvalue weighted by atomic mass is 16.7. The van der Waals surface area contributed by atoms with Gasteiger partial charge in [-0.2, -0.15) is 0 Å². The zero-order chi connectivity index (χ0) is 49.2. The van der Waals surface area contributed by atoms with Crippen LogP contribution in [0.25, 0.3) is 0 Å². The molecule has 3 amide bonds. The molecule has 66 heavy (non-hydrogen) atoms. The Morgan fingerprint density at radius 3 is 1.77 bits per heavy atom. The van der Waals surface area contributed by atoms with Gasteiger partial charge in [0.2, 0.25) is 17.7 Å². The fraction of sp³-hybridized carbons (Fsp3) is 0.830. The van der Waals surface area contributed by atoms with Gasteiger partial charge in [0.1, 0.15) is 18.8 Å². The first-order chi connectivity index (χ1) is 31.3. The normalized spacial score (nSPS) is 25.5. The Morgan fingerprint density at radius 1 is 0.606 bits per heavy atom. The number of rotatable bonds is 32. The van der Waals surface area contributed by atoms with Crippen molar-refractivity contribution in [1.82, 2.24) is 16.0 Å². The maximum Gasteiger partial charge on any atom is 0.303 e. The molecule has 2 fully saturated rings. The van der Waals surface area contributed by atoms with Crippen LogP contribution in [0, 0.1) is 17.8 Å². The van der Waals surface area contributed by atoms with Crippen molar-refractivity contribution in [2.45, 2.75) is 207 Å². The number of hydrogen-bond acceptors (Lipinski definition) is 15. The Hall–Kier alpha value is -4.20. The highest BCUT2D eigenvalue weighted by Crippen LogP contribution is 2.36. The molecular formula is C47H79N3O16. The zero-order valence-electron chi connectivity index (χ0n) is 40.6. The lowest BCUT2D eigenvalue weighted by Gasteiger charge is -2.45. The number of carboxylic acids is 1. The van der Waals surface area contributed by atoms with Crippen molar-refractivity contribution in [3.8, 4) is 0 Å². The monoisotopic (exact) mass is 942 g/mol. The summed E-state index contributed by atoms with van der Waals surface area (Å²) in [5, 5.41) is 17.4. The second kappa shape index (κ2) is 31.7. The third kappa shape index (κ3) is 22.5. The fourth-order valence-electron chi connectivity index (χ4n) is 8.14. The van der Waals surface area contributed by atoms with Gasteiger partial charge in [-0.15, -0.1) is 0 Å². The molecule has 10 unspecified atom stereocenters. The SMILES string of the molecule is CCC1OC(OCCCCC(=O)NCCCC[C@H](NC(=O)CCCCOC2OC(COC(C)=O)C(C)C(C)C2C)C(=O)CCCCCCC(=O)O)C(NC(C)=O)C(OC(C)=O)C1OC(C)=O. The summed E-state index contributed by atoms with van der Waals surface area (Å²) < 4.78 is 40.5. The van der Waals surface area contributed by atoms with Crippen molar-refractivity contribution in [3.05, 3.63) is 0 Å². The molecule has 4 N–H and O–H groups in total. The van der Waals surface area contributed by atoms with Crippen molar-refractivity contribution in [3.63, 3.8) is 0 Å². The highest BCUT2D eigenvalue weighted by Gasteiger charge is 2.50. The average Bonchev–Trinajstić information content (AvgIpc) is 3.24. The van der Waals surface area contributed by atoms with Crippen molar-refractivity contribution < 1.29 is 76.6 Å². The molecule has 0 aliphatic carbocycles. The number of ether oxygens (including phenoxy) is 7. The number of carboxylic acid groups (broad SMARTS) is 1. The van der Waals surface area contributed by atoms with Gasteiger partial charge in [-0.1, -0.05) is 40.5 Å². The van der Waals surface area contributed by atoms with Gasteiger partial charge in [-0.05, 0) is 76.0 Å². The lowest BCUT2D eigenvalue weighted by molar-refractivity contribution is -0.272. The third-order valence-corrected chi connectivity index (χ3v) is 12.1. The van der Waals surface area contributed by atoms with Crippen LogP contribution in [0.3, 0.4) is 0 Å². The van der Waals surface area contributed by atoms with Crippen molar-refractivity contribution in [1.29, 1.82) is 0 Å². The Balaban J connectivity index is 1.81. The standard InChI is InChI=1S/C47H79N3O16/c1-9-38-44(63-34(7)53)45(64-35(8)54)43(49-32(5)51)47(65-38)61-27-18-15-22-40(56)48-25-17-14-20-36(37(55)21-12-10-11-13-24-42(58)59)50-41(57)23-16-19-26-60-46-31(4)29(2)30(3)39(66-46)28-62-33(6)52/h29-31,36,38-39,43-47H,9-28H2,1-8H3,(H,48,56)(H,49,51)(H,50,57)(H,58,59)/t29?,30?,31?,36-,38?,39?,43?,44?,45?,46?,47?/m0/s1. The Bertz CT molecular complexity index is 1550. The molecule has 19 nitrogen and oxygen atoms in total. The van der Waals surface area contributed by atoms with E-state index in [0.717, 1.165) is 0 Å². The van der Waals surface area contributed by atoms with Gasteiger partial charge < -0.3 is 54.2 Å². The van der Waals surface area contributed by atoms with E-state index >= 15 is 0 Å². The summed E-state index contributed by atoms with van der Waals surface area (Å²) in [5.41, 5.74) is 0. The van der Waals surface area contributed by atoms with Crippen LogP contribution < -0.4 is 16.0 Å². The van der Waals surface area contributed by atoms with Crippen LogP contribution in [-0.2, 0) is 71.5 Å². The van der Waals surface area contributed by atoms with Crippen molar-refractivity contribution in [2.24, 2.45) is 17.8 Å². The van der Waals surface area contributed by atoms with Gasteiger partial charge >= 0.3 is 23.9 Å². The Kier molecular flexibility index (Phi) is 27.8. The molecule has 0 aromatic carbocycles. The molecule has 2 saturated heterocycles. The highest BCUT2D eigenvalue weighted by molar-refractivity contribution is 5.89. The zero-order valence-corrected chi connectivity index (χ0v) is 40.6. The molecule has 19 heteroatoms. The number of nitrogens with one attached hydrogen (secondary N) is 3. The maximum absolute atomic E-state index is 13.3. The Morgan fingerprint density at radius 2 is 1.18 bits per heavy atom. The van der Waals surface area contributed by atoms with E-state index in [9.17, 15) is 38.4 Å². The second-order valence-electron chi connectivity index (χ2n) is 17.6. The molecule has 0 aromatic rings. The quantitative estimate of drug-likeness (QED) is 0.0400. The molecule has 2 aliphatic heterocycles. The van der Waals surface area contributed by atoms with E-state index in [1.165, 1.54) is 27.7 Å². The van der Waals surface area contributed by atoms with Gasteiger partial charge in [0.15, 0.2) is 30.6 Å². The average molecular weight is 942 g/mol. The number of carbonyl (C=O) groups excluding carboxylic acids is 7. The summed E-state index contributed by atoms with van der Waals surface area (Å²) >= 11 is 0. The Labute approximate surface area is 390 Å². The molecule has 378 valence electrons. The number of unbranched alkanes of at least 4 members (excludes halogenated alkanes) is 6. The molecule has 11 atom stereocenters. The first-order valence-electron chi connectivity index (χ1n) is 23.9. The van der Waals surface area contributed by atoms with E-state index in [1.807, 2.05) is 6.92 Å². The molecule has 2 heterocycles. The van der Waals surface area contributed by atoms with E-state index < -0.39 is 66.8 Å². The summed E-state index contributed by atoms with van der Waals surface area (Å²) in [6.45, 7) is 14.3. The van der Waals surface area contributed by atoms with E-state index in [0.29, 0.717) is 90.2 Å². The summed E-state index contributed by atoms with van der Waals surface area (Å²) in [4.78, 5) is 97.2. The minimum Gasteiger partial charge on any atom is -0.481 e. The van der Waals surface area contributed by atoms with Crippen molar-refractivity contribution >= 4 is 47.4 Å². The van der Waals surface area contributed by atoms with Crippen LogP contribution in [0.2, 0.25) is 0 Å². The number of carbonyl (C=O) groups is 8. The number of esters is 3. The molecular weight excluding hydrogens is 863 g/mol. The van der Waals surface area contributed by atoms with Crippen molar-refractivity contribution in [2.75, 3.05) is 26.4 Å². The smallest absolute Gasteiger partial charge is 0.303 e. The van der Waals surface area contributed by atoms with Crippen LogP contribution in [0.5, 0.6) is 0 Å². The van der Waals surface area contributed by atoms with Crippen LogP contribution >= 0.6 is 0 Å². The molecule has 0 radical (unpaired) electrons. The minimum atomic E-state index is -1.05. The minimum absolute atomic E-state index is 0.0791. The largest absolute Gasteiger partial charge is 0.481 e. The molecule has 0 spiro atoms. The fourth-order valence-corrected chi connectivity index (χ4v) is 8.14. The van der Waals surface area contributed by atoms with Gasteiger partial charge in [0.25, 0.3) is 0 Å². The first-order valence-corrected chi connectivity index (χ1v) is 23.9. The number of hydrogen-bond donors (Lipinski definition) is 4. The third-order valence-electron chi connectivity index (χ3n) is 12.1. The number of aliphatic carboxylic acids is 1. The molecule has 2 aliphatic rings. The van der Waals surface area contributed by atoms with Crippen LogP contribution in [0.1, 0.15) is 158 Å². The van der Waals surface area contributed by atoms with Gasteiger partial charge in [0, 0.05) is 79.1 Å². The number of amides is 3. The van der Waals surface area contributed by atoms with E-state index in [1.54, 1.807) is 0 Å². The summed E-state index contributed by atoms with van der Waals surface area (Å²) in [5.74, 6) is -2.74. The van der Waals surface area contributed by atoms with E-state index in [-0.39, 0.29) is 86.3 Å². The topological polar surface area (TPSA) is 257 Å². The lowest BCUT2D eigenvalue weighted by atomic mass is 9.79. The summed E-state index contributed by atoms with van der Waals surface area (Å²) in [6, 6.07) is -1.64. The van der Waals surface area contributed by atoms with E-state index in [4.69, 9.17) is 38.3 Å². The van der Waals surface area contributed by atoms with Crippen LogP contribution in [-0.4, -0.2) is 128 Å². The summed E-state index contributed by atoms with van der Waals surface area (Å²) in [7, 11) is 0. The molecule has 0 bridgehead atoms. The lowest BCUT2D eigenvalue weighted by Crippen LogP contribution is -2.65. The van der Waals surface area contributed by atoms with Gasteiger partial charge in [0.05, 0.1) is 12.1 Å². The molecule has 2 rings (SSSR count). The number of ketones is 1. The first kappa shape index (κ1) is 57.9. The maximum atomic E-state index is 13.3. The van der Waals surface area contributed by atoms with E-state index in [2.05, 4.69) is 36.7 Å². The number of Topliss-reactive ketones (excluding diaryl/α,β-unsaturated/α-hetero) is 1. The van der Waals surface area contributed by atoms with Crippen LogP contribution in [0.4, 0.5) is 0 Å². The summed E-state index contributed by atoms with van der Waals surface area (Å²) in [6.07, 6.45) is 2.99. The predicted molar refractivity (Wildman–Crippen MR) is 239 cm³/mol. The van der Waals surface area contributed by atoms with Gasteiger partial charge in [-0.3, -0.25) is 38.4 Å². The van der Waals surface area contributed by atoms with Crippen LogP contribution in [0.15, 0.2) is 0 Å². The molecule has 0 aromatic heterocycles. The second-order valence-corrected chi connectivity index (χ2v) is 17.6. The molecule has 0 saturated carbocycles. The van der Waals surface area contributed by atoms with Gasteiger partial charge in [-0.25, -0.2) is 0 Å².